The van der Waals surface area contributed by atoms with E-state index in [4.69, 9.17) is 16.3 Å². The SMILES string of the molecule is Cc1ccc([C@@H](C(=O)NC[C@@H]2CCCO2)N(C(=O)Cn2nnc(-c3ccc(F)cc3)n2)c2ccc(Cl)cc2)cc1. The zero-order valence-corrected chi connectivity index (χ0v) is 22.6. The maximum absolute atomic E-state index is 13.9. The molecule has 4 aromatic rings. The summed E-state index contributed by atoms with van der Waals surface area (Å²) in [7, 11) is 0. The Bertz CT molecular complexity index is 1450. The Kier molecular flexibility index (Phi) is 8.47. The Morgan fingerprint density at radius 3 is 2.50 bits per heavy atom. The first kappa shape index (κ1) is 27.4. The second kappa shape index (κ2) is 12.4. The van der Waals surface area contributed by atoms with Crippen LogP contribution in [0.5, 0.6) is 0 Å². The van der Waals surface area contributed by atoms with Gasteiger partial charge in [0.25, 0.3) is 5.91 Å². The number of halogens is 2. The molecule has 0 spiro atoms. The molecule has 1 aliphatic heterocycles. The molecule has 1 N–H and O–H groups in total. The van der Waals surface area contributed by atoms with E-state index in [0.717, 1.165) is 23.2 Å². The van der Waals surface area contributed by atoms with Gasteiger partial charge in [-0.2, -0.15) is 4.80 Å². The van der Waals surface area contributed by atoms with Crippen LogP contribution in [-0.4, -0.2) is 51.3 Å². The third kappa shape index (κ3) is 6.52. The number of aromatic nitrogens is 4. The molecule has 0 aliphatic carbocycles. The molecule has 1 aromatic heterocycles. The fourth-order valence-corrected chi connectivity index (χ4v) is 4.67. The van der Waals surface area contributed by atoms with Gasteiger partial charge in [0, 0.05) is 29.4 Å². The second-order valence-corrected chi connectivity index (χ2v) is 10.0. The highest BCUT2D eigenvalue weighted by Gasteiger charge is 2.34. The molecule has 11 heteroatoms. The molecule has 0 radical (unpaired) electrons. The Morgan fingerprint density at radius 1 is 1.10 bits per heavy atom. The lowest BCUT2D eigenvalue weighted by Gasteiger charge is -2.31. The fraction of sp³-hybridized carbons (Fsp3) is 0.276. The van der Waals surface area contributed by atoms with Gasteiger partial charge in [-0.1, -0.05) is 41.4 Å². The van der Waals surface area contributed by atoms with Crippen LogP contribution in [0.2, 0.25) is 5.02 Å². The summed E-state index contributed by atoms with van der Waals surface area (Å²) in [6.45, 7) is 2.67. The predicted octanol–water partition coefficient (Wildman–Crippen LogP) is 4.51. The fourth-order valence-electron chi connectivity index (χ4n) is 4.54. The number of aryl methyl sites for hydroxylation is 1. The number of tetrazole rings is 1. The zero-order chi connectivity index (χ0) is 28.1. The van der Waals surface area contributed by atoms with Crippen LogP contribution in [0.4, 0.5) is 10.1 Å². The summed E-state index contributed by atoms with van der Waals surface area (Å²) in [5.41, 5.74) is 2.69. The summed E-state index contributed by atoms with van der Waals surface area (Å²) in [5, 5.41) is 15.8. The van der Waals surface area contributed by atoms with Gasteiger partial charge in [-0.05, 0) is 79.1 Å². The number of ether oxygens (including phenoxy) is 1. The van der Waals surface area contributed by atoms with Crippen molar-refractivity contribution in [2.24, 2.45) is 0 Å². The lowest BCUT2D eigenvalue weighted by Crippen LogP contribution is -2.46. The lowest BCUT2D eigenvalue weighted by molar-refractivity contribution is -0.127. The molecule has 206 valence electrons. The van der Waals surface area contributed by atoms with Crippen LogP contribution in [0.1, 0.15) is 30.0 Å². The molecule has 3 aromatic carbocycles. The van der Waals surface area contributed by atoms with Crippen LogP contribution in [0, 0.1) is 12.7 Å². The molecule has 0 bridgehead atoms. The Balaban J connectivity index is 1.47. The maximum atomic E-state index is 13.9. The molecule has 0 saturated carbocycles. The molecular weight excluding hydrogens is 535 g/mol. The molecule has 2 atom stereocenters. The van der Waals surface area contributed by atoms with E-state index in [9.17, 15) is 14.0 Å². The van der Waals surface area contributed by atoms with Crippen molar-refractivity contribution in [2.45, 2.75) is 38.5 Å². The number of nitrogens with one attached hydrogen (secondary N) is 1. The molecule has 0 unspecified atom stereocenters. The Morgan fingerprint density at radius 2 is 1.82 bits per heavy atom. The smallest absolute Gasteiger partial charge is 0.251 e. The zero-order valence-electron chi connectivity index (χ0n) is 21.8. The minimum Gasteiger partial charge on any atom is -0.376 e. The molecular formula is C29H28ClFN6O3. The van der Waals surface area contributed by atoms with Crippen LogP contribution in [-0.2, 0) is 20.9 Å². The van der Waals surface area contributed by atoms with E-state index in [1.165, 1.54) is 29.2 Å². The summed E-state index contributed by atoms with van der Waals surface area (Å²) in [6, 6.07) is 18.8. The second-order valence-electron chi connectivity index (χ2n) is 9.58. The summed E-state index contributed by atoms with van der Waals surface area (Å²) in [6.07, 6.45) is 1.75. The van der Waals surface area contributed by atoms with Crippen molar-refractivity contribution in [3.8, 4) is 11.4 Å². The molecule has 2 amide bonds. The van der Waals surface area contributed by atoms with Gasteiger partial charge in [0.05, 0.1) is 6.10 Å². The highest BCUT2D eigenvalue weighted by Crippen LogP contribution is 2.30. The first-order valence-corrected chi connectivity index (χ1v) is 13.3. The standard InChI is InChI=1S/C29H28ClFN6O3/c1-19-4-6-20(7-5-19)27(29(39)32-17-25-3-2-16-40-25)37(24-14-10-22(30)11-15-24)26(38)18-36-34-28(33-35-36)21-8-12-23(31)13-9-21/h4-15,25,27H,2-3,16-18H2,1H3,(H,32,39)/t25-,27-/m0/s1. The van der Waals surface area contributed by atoms with Gasteiger partial charge in [-0.15, -0.1) is 10.2 Å². The third-order valence-electron chi connectivity index (χ3n) is 6.63. The number of amides is 2. The van der Waals surface area contributed by atoms with E-state index < -0.39 is 11.9 Å². The van der Waals surface area contributed by atoms with E-state index in [-0.39, 0.29) is 30.2 Å². The monoisotopic (exact) mass is 562 g/mol. The van der Waals surface area contributed by atoms with E-state index in [2.05, 4.69) is 20.7 Å². The van der Waals surface area contributed by atoms with Crippen LogP contribution in [0.15, 0.2) is 72.8 Å². The number of anilines is 1. The first-order chi connectivity index (χ1) is 19.4. The summed E-state index contributed by atoms with van der Waals surface area (Å²) < 4.78 is 19.0. The third-order valence-corrected chi connectivity index (χ3v) is 6.88. The van der Waals surface area contributed by atoms with Gasteiger partial charge in [0.1, 0.15) is 18.4 Å². The summed E-state index contributed by atoms with van der Waals surface area (Å²) >= 11 is 6.14. The van der Waals surface area contributed by atoms with E-state index in [1.54, 1.807) is 24.3 Å². The van der Waals surface area contributed by atoms with Crippen molar-refractivity contribution in [1.29, 1.82) is 0 Å². The van der Waals surface area contributed by atoms with Crippen molar-refractivity contribution in [1.82, 2.24) is 25.5 Å². The number of carbonyl (C=O) groups excluding carboxylic acids is 2. The number of nitrogens with zero attached hydrogens (tertiary/aromatic N) is 5. The number of carbonyl (C=O) groups is 2. The minimum atomic E-state index is -0.990. The Hall–Kier alpha value is -4.15. The molecule has 1 aliphatic rings. The largest absolute Gasteiger partial charge is 0.376 e. The van der Waals surface area contributed by atoms with E-state index >= 15 is 0 Å². The van der Waals surface area contributed by atoms with Crippen molar-refractivity contribution in [3.63, 3.8) is 0 Å². The molecule has 9 nitrogen and oxygen atoms in total. The highest BCUT2D eigenvalue weighted by molar-refractivity contribution is 6.30. The van der Waals surface area contributed by atoms with Crippen LogP contribution in [0.25, 0.3) is 11.4 Å². The minimum absolute atomic E-state index is 0.0634. The molecule has 1 saturated heterocycles. The van der Waals surface area contributed by atoms with Crippen molar-refractivity contribution < 1.29 is 18.7 Å². The maximum Gasteiger partial charge on any atom is 0.251 e. The quantitative estimate of drug-likeness (QED) is 0.322. The lowest BCUT2D eigenvalue weighted by atomic mass is 10.0. The van der Waals surface area contributed by atoms with Gasteiger partial charge >= 0.3 is 0 Å². The number of rotatable bonds is 9. The molecule has 5 rings (SSSR count). The number of hydrogen-bond donors (Lipinski definition) is 1. The van der Waals surface area contributed by atoms with Crippen LogP contribution in [0.3, 0.4) is 0 Å². The van der Waals surface area contributed by atoms with Gasteiger partial charge in [-0.3, -0.25) is 14.5 Å². The number of hydrogen-bond acceptors (Lipinski definition) is 6. The van der Waals surface area contributed by atoms with Crippen LogP contribution < -0.4 is 10.2 Å². The van der Waals surface area contributed by atoms with Crippen molar-refractivity contribution >= 4 is 29.1 Å². The van der Waals surface area contributed by atoms with Gasteiger partial charge < -0.3 is 10.1 Å². The normalized spacial score (nSPS) is 15.5. The molecule has 40 heavy (non-hydrogen) atoms. The average molecular weight is 563 g/mol. The topological polar surface area (TPSA) is 102 Å². The summed E-state index contributed by atoms with van der Waals surface area (Å²) in [4.78, 5) is 30.3. The van der Waals surface area contributed by atoms with Gasteiger partial charge in [0.15, 0.2) is 0 Å². The van der Waals surface area contributed by atoms with Crippen molar-refractivity contribution in [2.75, 3.05) is 18.1 Å². The predicted molar refractivity (Wildman–Crippen MR) is 148 cm³/mol. The van der Waals surface area contributed by atoms with Gasteiger partial charge in [-0.25, -0.2) is 4.39 Å². The number of benzene rings is 3. The van der Waals surface area contributed by atoms with Gasteiger partial charge in [0.2, 0.25) is 11.7 Å². The van der Waals surface area contributed by atoms with Crippen molar-refractivity contribution in [3.05, 3.63) is 94.8 Å². The first-order valence-electron chi connectivity index (χ1n) is 12.9. The molecule has 2 heterocycles. The van der Waals surface area contributed by atoms with E-state index in [0.29, 0.717) is 35.0 Å². The Labute approximate surface area is 235 Å². The average Bonchev–Trinajstić information content (AvgIpc) is 3.65. The van der Waals surface area contributed by atoms with Crippen LogP contribution >= 0.6 is 11.6 Å². The molecule has 1 fully saturated rings. The van der Waals surface area contributed by atoms with E-state index in [1.807, 2.05) is 31.2 Å². The highest BCUT2D eigenvalue weighted by atomic mass is 35.5. The summed E-state index contributed by atoms with van der Waals surface area (Å²) in [5.74, 6) is -0.926.